The summed E-state index contributed by atoms with van der Waals surface area (Å²) in [4.78, 5) is 13.3. The van der Waals surface area contributed by atoms with Crippen LogP contribution in [0.5, 0.6) is 0 Å². The number of halogens is 1. The maximum atomic E-state index is 13.4. The van der Waals surface area contributed by atoms with Gasteiger partial charge in [-0.2, -0.15) is 0 Å². The van der Waals surface area contributed by atoms with Gasteiger partial charge in [-0.3, -0.25) is 4.79 Å². The number of ether oxygens (including phenoxy) is 1. The van der Waals surface area contributed by atoms with Gasteiger partial charge in [-0.15, -0.1) is 0 Å². The van der Waals surface area contributed by atoms with Crippen LogP contribution in [-0.4, -0.2) is 42.3 Å². The Morgan fingerprint density at radius 3 is 3.19 bits per heavy atom. The molecular formula is C12H20FNO2. The van der Waals surface area contributed by atoms with Crippen LogP contribution >= 0.6 is 0 Å². The number of hydrogen-bond donors (Lipinski definition) is 0. The number of carbonyl (C=O) groups excluding carboxylic acids is 1. The minimum Gasteiger partial charge on any atom is -0.379 e. The lowest BCUT2D eigenvalue weighted by Gasteiger charge is -2.31. The van der Waals surface area contributed by atoms with Gasteiger partial charge in [-0.05, 0) is 12.8 Å². The minimum absolute atomic E-state index is 0.0965. The van der Waals surface area contributed by atoms with E-state index < -0.39 is 6.17 Å². The third kappa shape index (κ3) is 2.08. The molecule has 0 spiro atoms. The number of rotatable bonds is 5. The van der Waals surface area contributed by atoms with Crippen LogP contribution in [0.25, 0.3) is 0 Å². The molecule has 0 aliphatic carbocycles. The van der Waals surface area contributed by atoms with Gasteiger partial charge in [0.05, 0.1) is 18.7 Å². The van der Waals surface area contributed by atoms with E-state index in [9.17, 15) is 9.18 Å². The summed E-state index contributed by atoms with van der Waals surface area (Å²) in [6.45, 7) is 3.62. The van der Waals surface area contributed by atoms with Crippen LogP contribution in [0.15, 0.2) is 0 Å². The molecule has 0 N–H and O–H groups in total. The van der Waals surface area contributed by atoms with Crippen LogP contribution in [0.2, 0.25) is 0 Å². The highest BCUT2D eigenvalue weighted by atomic mass is 19.1. The maximum absolute atomic E-state index is 13.4. The summed E-state index contributed by atoms with van der Waals surface area (Å²) in [5, 5.41) is 0. The Hall–Kier alpha value is -0.640. The zero-order valence-electron chi connectivity index (χ0n) is 9.88. The zero-order valence-corrected chi connectivity index (χ0v) is 9.88. The number of alkyl halides is 1. The molecule has 2 rings (SSSR count). The van der Waals surface area contributed by atoms with Gasteiger partial charge < -0.3 is 9.64 Å². The van der Waals surface area contributed by atoms with Crippen molar-refractivity contribution in [1.82, 2.24) is 4.90 Å². The Labute approximate surface area is 95.9 Å². The van der Waals surface area contributed by atoms with Crippen LogP contribution in [0.4, 0.5) is 4.39 Å². The van der Waals surface area contributed by atoms with Crippen molar-refractivity contribution in [2.45, 2.75) is 50.7 Å². The van der Waals surface area contributed by atoms with Gasteiger partial charge in [0.15, 0.2) is 0 Å². The van der Waals surface area contributed by atoms with Crippen LogP contribution in [-0.2, 0) is 9.53 Å². The smallest absolute Gasteiger partial charge is 0.223 e. The molecule has 2 heterocycles. The van der Waals surface area contributed by atoms with Crippen molar-refractivity contribution < 1.29 is 13.9 Å². The predicted molar refractivity (Wildman–Crippen MR) is 58.9 cm³/mol. The summed E-state index contributed by atoms with van der Waals surface area (Å²) >= 11 is 0. The maximum Gasteiger partial charge on any atom is 0.223 e. The normalized spacial score (nSPS) is 33.5. The molecule has 3 nitrogen and oxygen atoms in total. The molecule has 2 fully saturated rings. The summed E-state index contributed by atoms with van der Waals surface area (Å²) in [6.07, 6.45) is 3.05. The lowest BCUT2D eigenvalue weighted by Crippen LogP contribution is -2.44. The quantitative estimate of drug-likeness (QED) is 0.674. The highest BCUT2D eigenvalue weighted by Gasteiger charge is 2.52. The average Bonchev–Trinajstić information content (AvgIpc) is 2.72. The van der Waals surface area contributed by atoms with Gasteiger partial charge in [0.25, 0.3) is 0 Å². The average molecular weight is 229 g/mol. The zero-order chi connectivity index (χ0) is 11.6. The monoisotopic (exact) mass is 229 g/mol. The van der Waals surface area contributed by atoms with E-state index >= 15 is 0 Å². The largest absolute Gasteiger partial charge is 0.379 e. The van der Waals surface area contributed by atoms with E-state index in [4.69, 9.17) is 4.74 Å². The van der Waals surface area contributed by atoms with Crippen LogP contribution < -0.4 is 0 Å². The number of nitrogens with zero attached hydrogens (tertiary/aromatic N) is 1. The fourth-order valence-corrected chi connectivity index (χ4v) is 2.77. The molecule has 2 atom stereocenters. The van der Waals surface area contributed by atoms with Gasteiger partial charge in [0, 0.05) is 19.4 Å². The summed E-state index contributed by atoms with van der Waals surface area (Å²) in [5.74, 6) is 0.0965. The van der Waals surface area contributed by atoms with Crippen molar-refractivity contribution in [3.8, 4) is 0 Å². The molecule has 0 aromatic heterocycles. The van der Waals surface area contributed by atoms with Gasteiger partial charge in [-0.25, -0.2) is 4.39 Å². The second-order valence-electron chi connectivity index (χ2n) is 4.94. The lowest BCUT2D eigenvalue weighted by molar-refractivity contribution is -0.131. The molecule has 2 aliphatic rings. The Morgan fingerprint density at radius 1 is 1.62 bits per heavy atom. The fourth-order valence-electron chi connectivity index (χ4n) is 2.77. The Balaban J connectivity index is 1.91. The van der Waals surface area contributed by atoms with Crippen LogP contribution in [0.1, 0.15) is 39.0 Å². The van der Waals surface area contributed by atoms with E-state index in [0.717, 1.165) is 25.9 Å². The van der Waals surface area contributed by atoms with Crippen molar-refractivity contribution in [2.75, 3.05) is 19.8 Å². The Kier molecular flexibility index (Phi) is 3.47. The van der Waals surface area contributed by atoms with E-state index in [1.807, 2.05) is 0 Å². The number of unbranched alkanes of at least 4 members (excludes halogenated alkanes) is 1. The molecule has 4 heteroatoms. The molecule has 0 aromatic rings. The standard InChI is InChI=1S/C12H20FNO2/c1-2-3-6-16-9-12-5-4-11(15)14(12)8-10(13)7-12/h10H,2-9H2,1H3/t10-,12+/m1/s1. The van der Waals surface area contributed by atoms with Crippen LogP contribution in [0.3, 0.4) is 0 Å². The second kappa shape index (κ2) is 4.70. The number of amides is 1. The SMILES string of the molecule is CCCCOC[C@@]12CCC(=O)N1C[C@H](F)C2. The summed E-state index contributed by atoms with van der Waals surface area (Å²) in [7, 11) is 0. The first-order valence-corrected chi connectivity index (χ1v) is 6.20. The van der Waals surface area contributed by atoms with E-state index in [0.29, 0.717) is 19.4 Å². The Bertz CT molecular complexity index is 272. The first-order chi connectivity index (χ1) is 7.68. The third-order valence-corrected chi connectivity index (χ3v) is 3.67. The van der Waals surface area contributed by atoms with E-state index in [1.54, 1.807) is 4.90 Å². The summed E-state index contributed by atoms with van der Waals surface area (Å²) in [5.41, 5.74) is -0.315. The lowest BCUT2D eigenvalue weighted by atomic mass is 9.95. The summed E-state index contributed by atoms with van der Waals surface area (Å²) < 4.78 is 19.0. The molecule has 1 amide bonds. The minimum atomic E-state index is -0.862. The first kappa shape index (κ1) is 11.8. The first-order valence-electron chi connectivity index (χ1n) is 6.20. The van der Waals surface area contributed by atoms with Gasteiger partial charge in [-0.1, -0.05) is 13.3 Å². The molecular weight excluding hydrogens is 209 g/mol. The van der Waals surface area contributed by atoms with Crippen molar-refractivity contribution in [3.63, 3.8) is 0 Å². The molecule has 0 bridgehead atoms. The number of fused-ring (bicyclic) bond motifs is 1. The molecule has 2 aliphatic heterocycles. The van der Waals surface area contributed by atoms with Crippen LogP contribution in [0, 0.1) is 0 Å². The molecule has 92 valence electrons. The van der Waals surface area contributed by atoms with Crippen molar-refractivity contribution in [2.24, 2.45) is 0 Å². The highest BCUT2D eigenvalue weighted by molar-refractivity contribution is 5.80. The second-order valence-corrected chi connectivity index (χ2v) is 4.94. The van der Waals surface area contributed by atoms with Crippen molar-refractivity contribution in [3.05, 3.63) is 0 Å². The molecule has 0 radical (unpaired) electrons. The van der Waals surface area contributed by atoms with Gasteiger partial charge >= 0.3 is 0 Å². The predicted octanol–water partition coefficient (Wildman–Crippen LogP) is 1.91. The highest BCUT2D eigenvalue weighted by Crippen LogP contribution is 2.40. The fraction of sp³-hybridized carbons (Fsp3) is 0.917. The van der Waals surface area contributed by atoms with E-state index in [-0.39, 0.29) is 18.0 Å². The van der Waals surface area contributed by atoms with Gasteiger partial charge in [0.1, 0.15) is 6.17 Å². The van der Waals surface area contributed by atoms with Gasteiger partial charge in [0.2, 0.25) is 5.91 Å². The number of hydrogen-bond acceptors (Lipinski definition) is 2. The van der Waals surface area contributed by atoms with E-state index in [2.05, 4.69) is 6.92 Å². The Morgan fingerprint density at radius 2 is 2.44 bits per heavy atom. The van der Waals surface area contributed by atoms with Crippen molar-refractivity contribution in [1.29, 1.82) is 0 Å². The number of carbonyl (C=O) groups is 1. The topological polar surface area (TPSA) is 29.5 Å². The molecule has 2 saturated heterocycles. The third-order valence-electron chi connectivity index (χ3n) is 3.67. The van der Waals surface area contributed by atoms with E-state index in [1.165, 1.54) is 0 Å². The molecule has 0 saturated carbocycles. The van der Waals surface area contributed by atoms with Crippen molar-refractivity contribution >= 4 is 5.91 Å². The molecule has 16 heavy (non-hydrogen) atoms. The molecule has 0 aromatic carbocycles. The summed E-state index contributed by atoms with van der Waals surface area (Å²) in [6, 6.07) is 0. The molecule has 0 unspecified atom stereocenters.